The highest BCUT2D eigenvalue weighted by atomic mass is 79.9. The summed E-state index contributed by atoms with van der Waals surface area (Å²) in [5.41, 5.74) is 0.468. The van der Waals surface area contributed by atoms with Crippen molar-refractivity contribution < 1.29 is 8.42 Å². The highest BCUT2D eigenvalue weighted by Crippen LogP contribution is 2.28. The summed E-state index contributed by atoms with van der Waals surface area (Å²) in [6.07, 6.45) is 0. The van der Waals surface area contributed by atoms with E-state index >= 15 is 0 Å². The van der Waals surface area contributed by atoms with Gasteiger partial charge in [-0.2, -0.15) is 5.26 Å². The van der Waals surface area contributed by atoms with Gasteiger partial charge in [0.25, 0.3) is 10.0 Å². The Balaban J connectivity index is 2.39. The average molecular weight is 378 g/mol. The summed E-state index contributed by atoms with van der Waals surface area (Å²) in [5, 5.41) is 8.99. The number of anilines is 1. The molecule has 1 N–H and O–H groups in total. The number of rotatable bonds is 3. The zero-order chi connectivity index (χ0) is 14.0. The van der Waals surface area contributed by atoms with Crippen LogP contribution in [0.1, 0.15) is 5.56 Å². The lowest BCUT2D eigenvalue weighted by atomic mass is 10.2. The molecule has 8 heteroatoms. The maximum Gasteiger partial charge on any atom is 0.271 e. The lowest BCUT2D eigenvalue weighted by Gasteiger charge is -2.08. The Morgan fingerprint density at radius 1 is 1.32 bits per heavy atom. The second kappa shape index (κ2) is 5.51. The molecule has 2 aromatic rings. The van der Waals surface area contributed by atoms with Gasteiger partial charge in [-0.1, -0.05) is 27.5 Å². The van der Waals surface area contributed by atoms with Gasteiger partial charge in [0.15, 0.2) is 0 Å². The van der Waals surface area contributed by atoms with E-state index in [-0.39, 0.29) is 15.5 Å². The smallest absolute Gasteiger partial charge is 0.271 e. The fourth-order valence-corrected chi connectivity index (χ4v) is 4.26. The number of halogens is 2. The third-order valence-electron chi connectivity index (χ3n) is 2.16. The second-order valence-corrected chi connectivity index (χ2v) is 8.01. The van der Waals surface area contributed by atoms with Crippen LogP contribution >= 0.6 is 38.9 Å². The Kier molecular flexibility index (Phi) is 4.16. The molecule has 19 heavy (non-hydrogen) atoms. The topological polar surface area (TPSA) is 70.0 Å². The molecular formula is C11H6BrClN2O2S2. The van der Waals surface area contributed by atoms with Crippen molar-refractivity contribution in [3.63, 3.8) is 0 Å². The Labute approximate surface area is 127 Å². The molecule has 1 aromatic heterocycles. The van der Waals surface area contributed by atoms with Crippen LogP contribution in [0.3, 0.4) is 0 Å². The molecule has 0 saturated carbocycles. The van der Waals surface area contributed by atoms with Gasteiger partial charge < -0.3 is 0 Å². The number of hydrogen-bond acceptors (Lipinski definition) is 4. The van der Waals surface area contributed by atoms with Crippen molar-refractivity contribution in [1.82, 2.24) is 0 Å². The summed E-state index contributed by atoms with van der Waals surface area (Å²) in [5.74, 6) is 0. The first-order valence-electron chi connectivity index (χ1n) is 4.90. The predicted molar refractivity (Wildman–Crippen MR) is 79.0 cm³/mol. The molecule has 0 fully saturated rings. The molecule has 0 spiro atoms. The predicted octanol–water partition coefficient (Wildman–Crippen LogP) is 3.84. The molecule has 0 radical (unpaired) electrons. The van der Waals surface area contributed by atoms with Gasteiger partial charge in [-0.05, 0) is 30.3 Å². The van der Waals surface area contributed by atoms with E-state index in [2.05, 4.69) is 20.7 Å². The molecular weight excluding hydrogens is 372 g/mol. The van der Waals surface area contributed by atoms with Gasteiger partial charge >= 0.3 is 0 Å². The first-order valence-corrected chi connectivity index (χ1v) is 8.37. The van der Waals surface area contributed by atoms with E-state index in [0.717, 1.165) is 11.3 Å². The Bertz CT molecular complexity index is 765. The van der Waals surface area contributed by atoms with Gasteiger partial charge in [-0.3, -0.25) is 4.72 Å². The van der Waals surface area contributed by atoms with Crippen molar-refractivity contribution >= 4 is 54.6 Å². The van der Waals surface area contributed by atoms with Crippen LogP contribution in [0, 0.1) is 11.3 Å². The third-order valence-corrected chi connectivity index (χ3v) is 5.74. The maximum absolute atomic E-state index is 12.1. The summed E-state index contributed by atoms with van der Waals surface area (Å²) < 4.78 is 27.7. The van der Waals surface area contributed by atoms with Crippen LogP contribution in [-0.2, 0) is 10.0 Å². The fraction of sp³-hybridized carbons (Fsp3) is 0. The second-order valence-electron chi connectivity index (χ2n) is 3.47. The average Bonchev–Trinajstić information content (AvgIpc) is 2.79. The summed E-state index contributed by atoms with van der Waals surface area (Å²) in [6, 6.07) is 9.58. The van der Waals surface area contributed by atoms with E-state index in [4.69, 9.17) is 16.9 Å². The van der Waals surface area contributed by atoms with Crippen molar-refractivity contribution in [2.75, 3.05) is 4.72 Å². The van der Waals surface area contributed by atoms with E-state index in [1.165, 1.54) is 18.2 Å². The zero-order valence-corrected chi connectivity index (χ0v) is 13.2. The lowest BCUT2D eigenvalue weighted by Crippen LogP contribution is -2.12. The third kappa shape index (κ3) is 3.28. The fourth-order valence-electron chi connectivity index (χ4n) is 1.34. The standard InChI is InChI=1S/C11H6BrClN2O2S2/c12-8-1-2-9(7(5-8)6-14)15-19(16,17)11-4-3-10(13)18-11/h1-5,15H. The van der Waals surface area contributed by atoms with Crippen LogP contribution in [0.15, 0.2) is 39.0 Å². The van der Waals surface area contributed by atoms with Crippen LogP contribution in [0.5, 0.6) is 0 Å². The molecule has 0 aliphatic heterocycles. The molecule has 2 rings (SSSR count). The van der Waals surface area contributed by atoms with Crippen molar-refractivity contribution in [2.45, 2.75) is 4.21 Å². The molecule has 0 unspecified atom stereocenters. The number of nitrogens with one attached hydrogen (secondary N) is 1. The number of thiophene rings is 1. The van der Waals surface area contributed by atoms with Crippen molar-refractivity contribution in [1.29, 1.82) is 5.26 Å². The van der Waals surface area contributed by atoms with Gasteiger partial charge in [0.05, 0.1) is 15.6 Å². The summed E-state index contributed by atoms with van der Waals surface area (Å²) in [4.78, 5) is 0. The highest BCUT2D eigenvalue weighted by Gasteiger charge is 2.18. The largest absolute Gasteiger partial charge is 0.278 e. The molecule has 0 atom stereocenters. The molecule has 1 heterocycles. The van der Waals surface area contributed by atoms with Gasteiger partial charge in [0, 0.05) is 4.47 Å². The molecule has 0 bridgehead atoms. The minimum absolute atomic E-state index is 0.101. The summed E-state index contributed by atoms with van der Waals surface area (Å²) >= 11 is 9.89. The highest BCUT2D eigenvalue weighted by molar-refractivity contribution is 9.10. The number of nitriles is 1. The maximum atomic E-state index is 12.1. The molecule has 4 nitrogen and oxygen atoms in total. The van der Waals surface area contributed by atoms with E-state index in [0.29, 0.717) is 8.81 Å². The Morgan fingerprint density at radius 3 is 2.63 bits per heavy atom. The number of nitrogens with zero attached hydrogens (tertiary/aromatic N) is 1. The SMILES string of the molecule is N#Cc1cc(Br)ccc1NS(=O)(=O)c1ccc(Cl)s1. The first kappa shape index (κ1) is 14.3. The Morgan fingerprint density at radius 2 is 2.05 bits per heavy atom. The van der Waals surface area contributed by atoms with Crippen LogP contribution in [-0.4, -0.2) is 8.42 Å². The van der Waals surface area contributed by atoms with E-state index < -0.39 is 10.0 Å². The van der Waals surface area contributed by atoms with Crippen molar-refractivity contribution in [3.05, 3.63) is 44.7 Å². The normalized spacial score (nSPS) is 11.0. The first-order chi connectivity index (χ1) is 8.92. The van der Waals surface area contributed by atoms with Crippen LogP contribution in [0.25, 0.3) is 0 Å². The van der Waals surface area contributed by atoms with Gasteiger partial charge in [-0.25, -0.2) is 8.42 Å². The quantitative estimate of drug-likeness (QED) is 0.883. The van der Waals surface area contributed by atoms with Crippen molar-refractivity contribution in [2.24, 2.45) is 0 Å². The van der Waals surface area contributed by atoms with Crippen LogP contribution < -0.4 is 4.72 Å². The van der Waals surface area contributed by atoms with Crippen LogP contribution in [0.4, 0.5) is 5.69 Å². The molecule has 98 valence electrons. The summed E-state index contributed by atoms with van der Waals surface area (Å²) in [7, 11) is -3.72. The number of benzene rings is 1. The zero-order valence-electron chi connectivity index (χ0n) is 9.22. The molecule has 0 aliphatic rings. The van der Waals surface area contributed by atoms with E-state index in [1.54, 1.807) is 12.1 Å². The molecule has 1 aromatic carbocycles. The Hall–Kier alpha value is -1.07. The number of sulfonamides is 1. The van der Waals surface area contributed by atoms with Crippen LogP contribution in [0.2, 0.25) is 4.34 Å². The number of hydrogen-bond donors (Lipinski definition) is 1. The molecule has 0 amide bonds. The minimum Gasteiger partial charge on any atom is -0.278 e. The van der Waals surface area contributed by atoms with Gasteiger partial charge in [-0.15, -0.1) is 11.3 Å². The molecule has 0 saturated heterocycles. The van der Waals surface area contributed by atoms with Gasteiger partial charge in [0.1, 0.15) is 10.3 Å². The van der Waals surface area contributed by atoms with Crippen molar-refractivity contribution in [3.8, 4) is 6.07 Å². The lowest BCUT2D eigenvalue weighted by molar-refractivity contribution is 0.603. The van der Waals surface area contributed by atoms with Gasteiger partial charge in [0.2, 0.25) is 0 Å². The monoisotopic (exact) mass is 376 g/mol. The molecule has 0 aliphatic carbocycles. The minimum atomic E-state index is -3.72. The van der Waals surface area contributed by atoms with E-state index in [1.807, 2.05) is 6.07 Å². The van der Waals surface area contributed by atoms with E-state index in [9.17, 15) is 8.42 Å². The summed E-state index contributed by atoms with van der Waals surface area (Å²) in [6.45, 7) is 0.